The number of aromatic nitrogens is 1. The minimum atomic E-state index is -0.153. The van der Waals surface area contributed by atoms with Crippen LogP contribution in [0, 0.1) is 0 Å². The first-order valence-electron chi connectivity index (χ1n) is 8.30. The molecule has 0 atom stereocenters. The van der Waals surface area contributed by atoms with Crippen molar-refractivity contribution in [1.29, 1.82) is 0 Å². The molecule has 4 nitrogen and oxygen atoms in total. The number of hydrogen-bond acceptors (Lipinski definition) is 3. The van der Waals surface area contributed by atoms with Gasteiger partial charge >= 0.3 is 0 Å². The molecule has 0 unspecified atom stereocenters. The molecule has 0 aliphatic heterocycles. The van der Waals surface area contributed by atoms with Gasteiger partial charge in [-0.3, -0.25) is 4.79 Å². The van der Waals surface area contributed by atoms with Crippen molar-refractivity contribution in [3.63, 3.8) is 0 Å². The van der Waals surface area contributed by atoms with Gasteiger partial charge in [-0.2, -0.15) is 0 Å². The SMILES string of the molecule is CCCCN(C)c1ccc(C(=O)NCCc2cccc(Cl)c2)nc1. The zero-order chi connectivity index (χ0) is 17.4. The van der Waals surface area contributed by atoms with Crippen molar-refractivity contribution >= 4 is 23.2 Å². The van der Waals surface area contributed by atoms with Gasteiger partial charge in [-0.15, -0.1) is 0 Å². The second kappa shape index (κ2) is 9.28. The minimum Gasteiger partial charge on any atom is -0.373 e. The Labute approximate surface area is 148 Å². The number of carbonyl (C=O) groups excluding carboxylic acids is 1. The molecule has 2 aromatic rings. The van der Waals surface area contributed by atoms with E-state index in [1.165, 1.54) is 0 Å². The van der Waals surface area contributed by atoms with Crippen molar-refractivity contribution < 1.29 is 4.79 Å². The van der Waals surface area contributed by atoms with E-state index in [9.17, 15) is 4.79 Å². The second-order valence-electron chi connectivity index (χ2n) is 5.81. The van der Waals surface area contributed by atoms with Gasteiger partial charge in [0.1, 0.15) is 5.69 Å². The fraction of sp³-hybridized carbons (Fsp3) is 0.368. The summed E-state index contributed by atoms with van der Waals surface area (Å²) >= 11 is 5.95. The molecule has 0 spiro atoms. The lowest BCUT2D eigenvalue weighted by Gasteiger charge is -2.18. The Bertz CT molecular complexity index is 658. The van der Waals surface area contributed by atoms with Gasteiger partial charge in [0, 0.05) is 25.2 Å². The van der Waals surface area contributed by atoms with Gasteiger partial charge < -0.3 is 10.2 Å². The highest BCUT2D eigenvalue weighted by Gasteiger charge is 2.08. The monoisotopic (exact) mass is 345 g/mol. The van der Waals surface area contributed by atoms with Crippen LogP contribution in [0.3, 0.4) is 0 Å². The van der Waals surface area contributed by atoms with E-state index in [-0.39, 0.29) is 5.91 Å². The Morgan fingerprint density at radius 3 is 2.79 bits per heavy atom. The van der Waals surface area contributed by atoms with Crippen LogP contribution in [0.1, 0.15) is 35.8 Å². The van der Waals surface area contributed by atoms with E-state index in [1.807, 2.05) is 37.4 Å². The molecule has 0 bridgehead atoms. The quantitative estimate of drug-likeness (QED) is 0.788. The highest BCUT2D eigenvalue weighted by atomic mass is 35.5. The lowest BCUT2D eigenvalue weighted by molar-refractivity contribution is 0.0949. The highest BCUT2D eigenvalue weighted by Crippen LogP contribution is 2.13. The molecular weight excluding hydrogens is 322 g/mol. The third-order valence-corrected chi connectivity index (χ3v) is 4.09. The molecule has 1 heterocycles. The molecule has 0 fully saturated rings. The molecular formula is C19H24ClN3O. The topological polar surface area (TPSA) is 45.2 Å². The van der Waals surface area contributed by atoms with Crippen molar-refractivity contribution in [3.8, 4) is 0 Å². The van der Waals surface area contributed by atoms with Crippen molar-refractivity contribution in [1.82, 2.24) is 10.3 Å². The van der Waals surface area contributed by atoms with Gasteiger partial charge in [0.25, 0.3) is 5.91 Å². The van der Waals surface area contributed by atoms with Crippen LogP contribution < -0.4 is 10.2 Å². The van der Waals surface area contributed by atoms with E-state index >= 15 is 0 Å². The molecule has 1 amide bonds. The third-order valence-electron chi connectivity index (χ3n) is 3.86. The Balaban J connectivity index is 1.84. The zero-order valence-corrected chi connectivity index (χ0v) is 15.0. The van der Waals surface area contributed by atoms with Crippen LogP contribution in [0.2, 0.25) is 5.02 Å². The van der Waals surface area contributed by atoms with Crippen LogP contribution >= 0.6 is 11.6 Å². The molecule has 1 aromatic carbocycles. The number of pyridine rings is 1. The lowest BCUT2D eigenvalue weighted by Crippen LogP contribution is -2.26. The van der Waals surface area contributed by atoms with Gasteiger partial charge in [-0.1, -0.05) is 37.1 Å². The third kappa shape index (κ3) is 5.53. The largest absolute Gasteiger partial charge is 0.373 e. The number of benzene rings is 1. The summed E-state index contributed by atoms with van der Waals surface area (Å²) in [5, 5.41) is 3.60. The number of nitrogens with one attached hydrogen (secondary N) is 1. The molecule has 0 saturated carbocycles. The number of halogens is 1. The van der Waals surface area contributed by atoms with E-state index in [4.69, 9.17) is 11.6 Å². The van der Waals surface area contributed by atoms with E-state index in [2.05, 4.69) is 22.1 Å². The number of nitrogens with zero attached hydrogens (tertiary/aromatic N) is 2. The Hall–Kier alpha value is -2.07. The lowest BCUT2D eigenvalue weighted by atomic mass is 10.1. The molecule has 1 aromatic heterocycles. The first kappa shape index (κ1) is 18.3. The second-order valence-corrected chi connectivity index (χ2v) is 6.25. The molecule has 24 heavy (non-hydrogen) atoms. The number of unbranched alkanes of at least 4 members (excludes halogenated alkanes) is 1. The molecule has 0 aliphatic carbocycles. The van der Waals surface area contributed by atoms with Gasteiger partial charge in [0.05, 0.1) is 11.9 Å². The fourth-order valence-electron chi connectivity index (χ4n) is 2.37. The maximum absolute atomic E-state index is 12.1. The fourth-order valence-corrected chi connectivity index (χ4v) is 2.59. The predicted octanol–water partition coefficient (Wildman–Crippen LogP) is 3.94. The van der Waals surface area contributed by atoms with E-state index in [0.717, 1.165) is 37.1 Å². The van der Waals surface area contributed by atoms with Crippen LogP contribution in [0.5, 0.6) is 0 Å². The van der Waals surface area contributed by atoms with Gasteiger partial charge in [0.2, 0.25) is 0 Å². The van der Waals surface area contributed by atoms with Crippen molar-refractivity contribution in [2.24, 2.45) is 0 Å². The molecule has 2 rings (SSSR count). The molecule has 128 valence electrons. The number of carbonyl (C=O) groups is 1. The molecule has 1 N–H and O–H groups in total. The Morgan fingerprint density at radius 2 is 2.12 bits per heavy atom. The normalized spacial score (nSPS) is 10.5. The molecule has 0 aliphatic rings. The predicted molar refractivity (Wildman–Crippen MR) is 99.9 cm³/mol. The number of hydrogen-bond donors (Lipinski definition) is 1. The summed E-state index contributed by atoms with van der Waals surface area (Å²) in [6.45, 7) is 3.71. The Kier molecular flexibility index (Phi) is 7.07. The summed E-state index contributed by atoms with van der Waals surface area (Å²) in [5.41, 5.74) is 2.57. The smallest absolute Gasteiger partial charge is 0.269 e. The van der Waals surface area contributed by atoms with Crippen molar-refractivity contribution in [2.75, 3.05) is 25.0 Å². The summed E-state index contributed by atoms with van der Waals surface area (Å²) in [6.07, 6.45) is 4.79. The maximum Gasteiger partial charge on any atom is 0.269 e. The molecule has 0 radical (unpaired) electrons. The summed E-state index contributed by atoms with van der Waals surface area (Å²) in [6, 6.07) is 11.4. The first-order valence-corrected chi connectivity index (χ1v) is 8.67. The molecule has 5 heteroatoms. The summed E-state index contributed by atoms with van der Waals surface area (Å²) in [5.74, 6) is -0.153. The van der Waals surface area contributed by atoms with Crippen LogP contribution in [-0.4, -0.2) is 31.0 Å². The summed E-state index contributed by atoms with van der Waals surface area (Å²) in [7, 11) is 2.04. The van der Waals surface area contributed by atoms with E-state index in [1.54, 1.807) is 12.3 Å². The van der Waals surface area contributed by atoms with Gasteiger partial charge in [0.15, 0.2) is 0 Å². The highest BCUT2D eigenvalue weighted by molar-refractivity contribution is 6.30. The van der Waals surface area contributed by atoms with E-state index in [0.29, 0.717) is 17.3 Å². The van der Waals surface area contributed by atoms with Crippen LogP contribution in [0.25, 0.3) is 0 Å². The van der Waals surface area contributed by atoms with Crippen molar-refractivity contribution in [3.05, 3.63) is 58.9 Å². The zero-order valence-electron chi connectivity index (χ0n) is 14.3. The van der Waals surface area contributed by atoms with Crippen LogP contribution in [-0.2, 0) is 6.42 Å². The molecule has 0 saturated heterocycles. The maximum atomic E-state index is 12.1. The number of rotatable bonds is 8. The van der Waals surface area contributed by atoms with Gasteiger partial charge in [-0.05, 0) is 42.7 Å². The summed E-state index contributed by atoms with van der Waals surface area (Å²) < 4.78 is 0. The van der Waals surface area contributed by atoms with Gasteiger partial charge in [-0.25, -0.2) is 4.98 Å². The number of anilines is 1. The summed E-state index contributed by atoms with van der Waals surface area (Å²) in [4.78, 5) is 18.6. The average molecular weight is 346 g/mol. The van der Waals surface area contributed by atoms with Crippen molar-refractivity contribution in [2.45, 2.75) is 26.2 Å². The van der Waals surface area contributed by atoms with E-state index < -0.39 is 0 Å². The standard InChI is InChI=1S/C19H24ClN3O/c1-3-4-12-23(2)17-8-9-18(22-14-17)19(24)21-11-10-15-6-5-7-16(20)13-15/h5-9,13-14H,3-4,10-12H2,1-2H3,(H,21,24). The number of amides is 1. The van der Waals surface area contributed by atoms with Crippen LogP contribution in [0.4, 0.5) is 5.69 Å². The Morgan fingerprint density at radius 1 is 1.29 bits per heavy atom. The average Bonchev–Trinajstić information content (AvgIpc) is 2.60. The first-order chi connectivity index (χ1) is 11.6. The minimum absolute atomic E-state index is 0.153. The van der Waals surface area contributed by atoms with Crippen LogP contribution in [0.15, 0.2) is 42.6 Å².